The van der Waals surface area contributed by atoms with Crippen LogP contribution in [-0.2, 0) is 0 Å². The molecule has 0 N–H and O–H groups in total. The Morgan fingerprint density at radius 1 is 1.03 bits per heavy atom. The van der Waals surface area contributed by atoms with Crippen molar-refractivity contribution in [3.8, 4) is 5.75 Å². The summed E-state index contributed by atoms with van der Waals surface area (Å²) in [6, 6.07) is 11.0. The fourth-order valence-corrected chi connectivity index (χ4v) is 4.85. The first-order chi connectivity index (χ1) is 16.9. The van der Waals surface area contributed by atoms with Gasteiger partial charge in [0.15, 0.2) is 5.43 Å². The van der Waals surface area contributed by atoms with Crippen LogP contribution in [0.5, 0.6) is 5.75 Å². The first kappa shape index (κ1) is 25.0. The highest BCUT2D eigenvalue weighted by atomic mass is 16.5. The second-order valence-electron chi connectivity index (χ2n) is 9.31. The standard InChI is InChI=1S/C29H36N2O4/c1-6-15-34-22-12-9-11-21(18-22)26-25-27(32)23-16-19(4)20(5)17-24(23)35-28(25)29(33)31(26)14-10-13-30(7-2)8-3/h9,11-12,16-18,26H,6-8,10,13-15H2,1-5H3. The van der Waals surface area contributed by atoms with Crippen molar-refractivity contribution in [2.24, 2.45) is 0 Å². The molecular formula is C29H36N2O4. The molecule has 6 heteroatoms. The van der Waals surface area contributed by atoms with Crippen molar-refractivity contribution in [2.45, 2.75) is 53.5 Å². The van der Waals surface area contributed by atoms with Crippen molar-refractivity contribution in [1.82, 2.24) is 9.80 Å². The fourth-order valence-electron chi connectivity index (χ4n) is 4.85. The normalized spacial score (nSPS) is 15.3. The molecule has 1 unspecified atom stereocenters. The van der Waals surface area contributed by atoms with Gasteiger partial charge in [-0.25, -0.2) is 0 Å². The van der Waals surface area contributed by atoms with E-state index in [2.05, 4.69) is 25.7 Å². The van der Waals surface area contributed by atoms with Gasteiger partial charge in [-0.15, -0.1) is 0 Å². The molecule has 186 valence electrons. The zero-order chi connectivity index (χ0) is 25.1. The summed E-state index contributed by atoms with van der Waals surface area (Å²) in [6.07, 6.45) is 1.72. The lowest BCUT2D eigenvalue weighted by Gasteiger charge is -2.27. The average molecular weight is 477 g/mol. The summed E-state index contributed by atoms with van der Waals surface area (Å²) in [6.45, 7) is 14.3. The molecule has 0 aliphatic carbocycles. The Hall–Kier alpha value is -3.12. The van der Waals surface area contributed by atoms with Gasteiger partial charge in [0.1, 0.15) is 11.3 Å². The van der Waals surface area contributed by atoms with E-state index in [1.54, 1.807) is 4.90 Å². The molecule has 0 spiro atoms. The summed E-state index contributed by atoms with van der Waals surface area (Å²) >= 11 is 0. The highest BCUT2D eigenvalue weighted by Crippen LogP contribution is 2.39. The minimum atomic E-state index is -0.498. The fraction of sp³-hybridized carbons (Fsp3) is 0.448. The molecule has 0 bridgehead atoms. The van der Waals surface area contributed by atoms with E-state index in [4.69, 9.17) is 9.15 Å². The number of ether oxygens (including phenoxy) is 1. The van der Waals surface area contributed by atoms with Crippen LogP contribution in [-0.4, -0.2) is 48.5 Å². The molecule has 0 radical (unpaired) electrons. The van der Waals surface area contributed by atoms with Crippen molar-refractivity contribution in [2.75, 3.05) is 32.8 Å². The molecule has 35 heavy (non-hydrogen) atoms. The first-order valence-corrected chi connectivity index (χ1v) is 12.7. The van der Waals surface area contributed by atoms with Crippen LogP contribution in [0.1, 0.15) is 72.5 Å². The van der Waals surface area contributed by atoms with E-state index >= 15 is 0 Å². The minimum absolute atomic E-state index is 0.131. The SMILES string of the molecule is CCCOc1cccc(C2c3c(oc4cc(C)c(C)cc4c3=O)C(=O)N2CCCN(CC)CC)c1. The Balaban J connectivity index is 1.81. The van der Waals surface area contributed by atoms with Crippen LogP contribution in [0.25, 0.3) is 11.0 Å². The number of hydrogen-bond acceptors (Lipinski definition) is 5. The molecular weight excluding hydrogens is 440 g/mol. The lowest BCUT2D eigenvalue weighted by molar-refractivity contribution is 0.0720. The van der Waals surface area contributed by atoms with E-state index in [1.165, 1.54) is 0 Å². The van der Waals surface area contributed by atoms with Crippen LogP contribution in [0, 0.1) is 13.8 Å². The van der Waals surface area contributed by atoms with Gasteiger partial charge in [0, 0.05) is 6.54 Å². The molecule has 0 saturated heterocycles. The topological polar surface area (TPSA) is 63.0 Å². The quantitative estimate of drug-likeness (QED) is 0.388. The van der Waals surface area contributed by atoms with Gasteiger partial charge >= 0.3 is 0 Å². The van der Waals surface area contributed by atoms with Gasteiger partial charge in [-0.1, -0.05) is 32.9 Å². The third kappa shape index (κ3) is 4.85. The number of aryl methyl sites for hydroxylation is 2. The third-order valence-electron chi connectivity index (χ3n) is 7.00. The van der Waals surface area contributed by atoms with Crippen LogP contribution >= 0.6 is 0 Å². The lowest BCUT2D eigenvalue weighted by Crippen LogP contribution is -2.33. The van der Waals surface area contributed by atoms with E-state index < -0.39 is 6.04 Å². The molecule has 1 aliphatic rings. The van der Waals surface area contributed by atoms with Crippen LogP contribution in [0.3, 0.4) is 0 Å². The van der Waals surface area contributed by atoms with E-state index in [0.717, 1.165) is 54.9 Å². The summed E-state index contributed by atoms with van der Waals surface area (Å²) in [5, 5.41) is 0.521. The maximum absolute atomic E-state index is 13.8. The van der Waals surface area contributed by atoms with E-state index in [-0.39, 0.29) is 17.1 Å². The molecule has 4 rings (SSSR count). The molecule has 2 aromatic carbocycles. The highest BCUT2D eigenvalue weighted by molar-refractivity contribution is 5.99. The minimum Gasteiger partial charge on any atom is -0.494 e. The molecule has 1 amide bonds. The number of rotatable bonds is 10. The number of fused-ring (bicyclic) bond motifs is 2. The first-order valence-electron chi connectivity index (χ1n) is 12.7. The third-order valence-corrected chi connectivity index (χ3v) is 7.00. The van der Waals surface area contributed by atoms with Gasteiger partial charge in [0.2, 0.25) is 5.76 Å². The Bertz CT molecular complexity index is 1280. The second-order valence-corrected chi connectivity index (χ2v) is 9.31. The van der Waals surface area contributed by atoms with Gasteiger partial charge in [-0.3, -0.25) is 9.59 Å². The molecule has 3 aromatic rings. The Kier molecular flexibility index (Phi) is 7.60. The predicted octanol–water partition coefficient (Wildman–Crippen LogP) is 5.48. The predicted molar refractivity (Wildman–Crippen MR) is 139 cm³/mol. The number of carbonyl (C=O) groups is 1. The van der Waals surface area contributed by atoms with Gasteiger partial charge < -0.3 is 19.0 Å². The van der Waals surface area contributed by atoms with E-state index in [1.807, 2.05) is 50.2 Å². The molecule has 0 fully saturated rings. The maximum Gasteiger partial charge on any atom is 0.290 e. The summed E-state index contributed by atoms with van der Waals surface area (Å²) in [5.41, 5.74) is 3.68. The largest absolute Gasteiger partial charge is 0.494 e. The number of nitrogens with zero attached hydrogens (tertiary/aromatic N) is 2. The van der Waals surface area contributed by atoms with Crippen LogP contribution in [0.4, 0.5) is 0 Å². The van der Waals surface area contributed by atoms with Crippen molar-refractivity contribution in [3.05, 3.63) is 74.6 Å². The molecule has 1 aromatic heterocycles. The van der Waals surface area contributed by atoms with Crippen molar-refractivity contribution in [1.29, 1.82) is 0 Å². The summed E-state index contributed by atoms with van der Waals surface area (Å²) in [5.74, 6) is 0.685. The highest BCUT2D eigenvalue weighted by Gasteiger charge is 2.42. The Morgan fingerprint density at radius 3 is 2.49 bits per heavy atom. The van der Waals surface area contributed by atoms with Gasteiger partial charge in [0.25, 0.3) is 5.91 Å². The molecule has 6 nitrogen and oxygen atoms in total. The monoisotopic (exact) mass is 476 g/mol. The molecule has 2 heterocycles. The van der Waals surface area contributed by atoms with Crippen LogP contribution in [0.2, 0.25) is 0 Å². The van der Waals surface area contributed by atoms with E-state index in [0.29, 0.717) is 29.7 Å². The van der Waals surface area contributed by atoms with E-state index in [9.17, 15) is 9.59 Å². The van der Waals surface area contributed by atoms with Crippen molar-refractivity contribution >= 4 is 16.9 Å². The van der Waals surface area contributed by atoms with Crippen LogP contribution in [0.15, 0.2) is 45.6 Å². The van der Waals surface area contributed by atoms with Gasteiger partial charge in [-0.05, 0) is 87.3 Å². The zero-order valence-corrected chi connectivity index (χ0v) is 21.5. The zero-order valence-electron chi connectivity index (χ0n) is 21.5. The van der Waals surface area contributed by atoms with Gasteiger partial charge in [-0.2, -0.15) is 0 Å². The summed E-state index contributed by atoms with van der Waals surface area (Å²) in [4.78, 5) is 31.6. The van der Waals surface area contributed by atoms with Crippen molar-refractivity contribution in [3.63, 3.8) is 0 Å². The van der Waals surface area contributed by atoms with Crippen molar-refractivity contribution < 1.29 is 13.9 Å². The number of hydrogen-bond donors (Lipinski definition) is 0. The van der Waals surface area contributed by atoms with Gasteiger partial charge in [0.05, 0.1) is 23.6 Å². The molecule has 0 saturated carbocycles. The second kappa shape index (κ2) is 10.6. The number of benzene rings is 2. The summed E-state index contributed by atoms with van der Waals surface area (Å²) < 4.78 is 12.0. The number of amides is 1. The average Bonchev–Trinajstić information content (AvgIpc) is 3.14. The molecule has 1 aliphatic heterocycles. The maximum atomic E-state index is 13.8. The lowest BCUT2D eigenvalue weighted by atomic mass is 9.97. The Morgan fingerprint density at radius 2 is 1.77 bits per heavy atom. The summed E-state index contributed by atoms with van der Waals surface area (Å²) in [7, 11) is 0. The van der Waals surface area contributed by atoms with Crippen LogP contribution < -0.4 is 10.2 Å². The number of carbonyl (C=O) groups excluding carboxylic acids is 1. The smallest absolute Gasteiger partial charge is 0.290 e. The molecule has 1 atom stereocenters. The Labute approximate surface area is 207 Å².